The first kappa shape index (κ1) is 47.3. The van der Waals surface area contributed by atoms with Crippen molar-refractivity contribution in [3.63, 3.8) is 0 Å². The Bertz CT molecular complexity index is 2530. The molecule has 0 atom stereocenters. The van der Waals surface area contributed by atoms with Crippen LogP contribution in [0.3, 0.4) is 0 Å². The van der Waals surface area contributed by atoms with Gasteiger partial charge >= 0.3 is 0 Å². The molecule has 0 fully saturated rings. The Labute approximate surface area is 392 Å². The zero-order valence-electron chi connectivity index (χ0n) is 36.7. The van der Waals surface area contributed by atoms with Crippen molar-refractivity contribution in [1.82, 2.24) is 0 Å². The third kappa shape index (κ3) is 11.4. The molecule has 0 saturated heterocycles. The van der Waals surface area contributed by atoms with Gasteiger partial charge < -0.3 is 0 Å². The van der Waals surface area contributed by atoms with Gasteiger partial charge in [0, 0.05) is 56.8 Å². The molecule has 0 aliphatic carbocycles. The smallest absolute Gasteiger partial charge is 0.195 e. The molecular formula is C53H50Br4O2Si. The molecule has 0 bridgehead atoms. The van der Waals surface area contributed by atoms with Crippen molar-refractivity contribution < 1.29 is 9.59 Å². The van der Waals surface area contributed by atoms with Crippen LogP contribution in [0, 0.1) is 62.8 Å². The Morgan fingerprint density at radius 1 is 0.417 bits per heavy atom. The van der Waals surface area contributed by atoms with Crippen molar-refractivity contribution >= 4 is 83.4 Å². The minimum atomic E-state index is -1.67. The standard InChI is InChI=1S/C53H50Br4O2Si/c1-31-20-40(52(5,6)7)21-32(2)46(31)50(58)48-42(54)27-37(28-43(48)55)16-14-35-24-36(26-39(25-35)18-19-60(11,12)13)15-17-38-29-44(56)49(45(57)30-38)51(59)47-33(3)22-41(23-34(47)4)53(8,9)10/h20-30H,1-13H3. The van der Waals surface area contributed by atoms with E-state index in [4.69, 9.17) is 0 Å². The van der Waals surface area contributed by atoms with Crippen molar-refractivity contribution in [2.75, 3.05) is 0 Å². The van der Waals surface area contributed by atoms with Gasteiger partial charge in [-0.1, -0.05) is 115 Å². The topological polar surface area (TPSA) is 34.1 Å². The fourth-order valence-corrected chi connectivity index (χ4v) is 10.5. The van der Waals surface area contributed by atoms with E-state index in [1.807, 2.05) is 70.2 Å². The van der Waals surface area contributed by atoms with E-state index in [1.165, 1.54) is 11.1 Å². The maximum absolute atomic E-state index is 14.0. The Hall–Kier alpha value is -3.74. The summed E-state index contributed by atoms with van der Waals surface area (Å²) in [4.78, 5) is 28.0. The lowest BCUT2D eigenvalue weighted by Crippen LogP contribution is -2.16. The van der Waals surface area contributed by atoms with Gasteiger partial charge in [0.05, 0.1) is 11.1 Å². The molecule has 2 nitrogen and oxygen atoms in total. The van der Waals surface area contributed by atoms with E-state index < -0.39 is 8.07 Å². The lowest BCUT2D eigenvalue weighted by Gasteiger charge is -2.22. The zero-order valence-corrected chi connectivity index (χ0v) is 44.0. The molecule has 0 aromatic heterocycles. The highest BCUT2D eigenvalue weighted by Crippen LogP contribution is 2.35. The summed E-state index contributed by atoms with van der Waals surface area (Å²) in [6, 6.07) is 22.0. The maximum Gasteiger partial charge on any atom is 0.195 e. The van der Waals surface area contributed by atoms with Gasteiger partial charge in [0.25, 0.3) is 0 Å². The van der Waals surface area contributed by atoms with Crippen LogP contribution in [0.2, 0.25) is 19.6 Å². The molecule has 0 N–H and O–H groups in total. The highest BCUT2D eigenvalue weighted by Gasteiger charge is 2.25. The molecule has 5 rings (SSSR count). The molecular weight excluding hydrogens is 1020 g/mol. The highest BCUT2D eigenvalue weighted by atomic mass is 79.9. The maximum atomic E-state index is 14.0. The number of hydrogen-bond acceptors (Lipinski definition) is 2. The average molecular weight is 1070 g/mol. The first-order chi connectivity index (χ1) is 27.7. The van der Waals surface area contributed by atoms with E-state index in [0.717, 1.165) is 50.1 Å². The van der Waals surface area contributed by atoms with Crippen LogP contribution in [-0.4, -0.2) is 19.6 Å². The van der Waals surface area contributed by atoms with Crippen molar-refractivity contribution in [3.8, 4) is 35.1 Å². The summed E-state index contributed by atoms with van der Waals surface area (Å²) in [5.74, 6) is 16.6. The number of hydrogen-bond donors (Lipinski definition) is 0. The van der Waals surface area contributed by atoms with Gasteiger partial charge in [-0.15, -0.1) is 5.54 Å². The quantitative estimate of drug-likeness (QED) is 0.102. The van der Waals surface area contributed by atoms with Crippen LogP contribution < -0.4 is 0 Å². The largest absolute Gasteiger partial charge is 0.289 e. The number of halogens is 4. The SMILES string of the molecule is Cc1cc(C(C)(C)C)cc(C)c1C(=O)c1c(Br)cc(C#Cc2cc(C#Cc3cc(Br)c(C(=O)c4c(C)cc(C(C)(C)C)cc4C)c(Br)c3)cc(C#C[Si](C)(C)C)c2)cc1Br. The van der Waals surface area contributed by atoms with Gasteiger partial charge in [0.2, 0.25) is 0 Å². The normalized spacial score (nSPS) is 11.5. The van der Waals surface area contributed by atoms with Crippen molar-refractivity contribution in [3.05, 3.63) is 168 Å². The summed E-state index contributed by atoms with van der Waals surface area (Å²) in [6.07, 6.45) is 0. The number of benzene rings is 5. The summed E-state index contributed by atoms with van der Waals surface area (Å²) in [6.45, 7) is 27.7. The second-order valence-corrected chi connectivity index (χ2v) is 26.7. The van der Waals surface area contributed by atoms with Crippen LogP contribution in [0.4, 0.5) is 0 Å². The molecule has 306 valence electrons. The van der Waals surface area contributed by atoms with Crippen LogP contribution in [0.1, 0.15) is 135 Å². The minimum Gasteiger partial charge on any atom is -0.289 e. The molecule has 60 heavy (non-hydrogen) atoms. The number of aryl methyl sites for hydroxylation is 4. The molecule has 0 unspecified atom stereocenters. The predicted octanol–water partition coefficient (Wildman–Crippen LogP) is 15.1. The average Bonchev–Trinajstić information content (AvgIpc) is 3.10. The number of ketones is 2. The summed E-state index contributed by atoms with van der Waals surface area (Å²) in [5, 5.41) is 0. The Morgan fingerprint density at radius 2 is 0.667 bits per heavy atom. The van der Waals surface area contributed by atoms with E-state index >= 15 is 0 Å². The third-order valence-corrected chi connectivity index (χ3v) is 13.4. The lowest BCUT2D eigenvalue weighted by atomic mass is 9.82. The summed E-state index contributed by atoms with van der Waals surface area (Å²) in [7, 11) is -1.67. The Kier molecular flexibility index (Phi) is 14.4. The van der Waals surface area contributed by atoms with Crippen molar-refractivity contribution in [1.29, 1.82) is 0 Å². The minimum absolute atomic E-state index is 0.0185. The van der Waals surface area contributed by atoms with Crippen LogP contribution in [0.25, 0.3) is 0 Å². The lowest BCUT2D eigenvalue weighted by molar-refractivity contribution is 0.102. The third-order valence-electron chi connectivity index (χ3n) is 10.0. The second kappa shape index (κ2) is 18.3. The monoisotopic (exact) mass is 1060 g/mol. The van der Waals surface area contributed by atoms with Crippen LogP contribution in [-0.2, 0) is 10.8 Å². The van der Waals surface area contributed by atoms with Crippen LogP contribution >= 0.6 is 63.7 Å². The molecule has 5 aromatic rings. The first-order valence-corrected chi connectivity index (χ1v) is 26.4. The van der Waals surface area contributed by atoms with E-state index in [1.54, 1.807) is 0 Å². The fraction of sp³-hybridized carbons (Fsp3) is 0.283. The molecule has 5 aromatic carbocycles. The van der Waals surface area contributed by atoms with Gasteiger partial charge in [0.15, 0.2) is 11.6 Å². The van der Waals surface area contributed by atoms with Crippen molar-refractivity contribution in [2.45, 2.75) is 99.7 Å². The van der Waals surface area contributed by atoms with E-state index in [0.29, 0.717) is 40.1 Å². The molecule has 0 heterocycles. The molecule has 0 aliphatic rings. The number of rotatable bonds is 4. The molecule has 0 spiro atoms. The van der Waals surface area contributed by atoms with E-state index in [-0.39, 0.29) is 22.4 Å². The summed E-state index contributed by atoms with van der Waals surface area (Å²) < 4.78 is 2.67. The van der Waals surface area contributed by atoms with Gasteiger partial charge in [-0.25, -0.2) is 0 Å². The van der Waals surface area contributed by atoms with E-state index in [2.05, 4.69) is 184 Å². The molecule has 0 amide bonds. The number of carbonyl (C=O) groups is 2. The van der Waals surface area contributed by atoms with Gasteiger partial charge in [-0.3, -0.25) is 9.59 Å². The molecule has 7 heteroatoms. The molecule has 0 aliphatic heterocycles. The van der Waals surface area contributed by atoms with Gasteiger partial charge in [0.1, 0.15) is 8.07 Å². The zero-order chi connectivity index (χ0) is 44.6. The fourth-order valence-electron chi connectivity index (χ4n) is 6.88. The van der Waals surface area contributed by atoms with Gasteiger partial charge in [-0.05, 0) is 178 Å². The molecule has 0 radical (unpaired) electrons. The number of carbonyl (C=O) groups excluding carboxylic acids is 2. The van der Waals surface area contributed by atoms with Gasteiger partial charge in [-0.2, -0.15) is 0 Å². The summed E-state index contributed by atoms with van der Waals surface area (Å²) in [5.41, 5.74) is 16.1. The summed E-state index contributed by atoms with van der Waals surface area (Å²) >= 11 is 14.8. The Balaban J connectivity index is 1.49. The van der Waals surface area contributed by atoms with E-state index in [9.17, 15) is 9.59 Å². The highest BCUT2D eigenvalue weighted by molar-refractivity contribution is 9.11. The van der Waals surface area contributed by atoms with Crippen LogP contribution in [0.15, 0.2) is 84.6 Å². The second-order valence-electron chi connectivity index (χ2n) is 18.6. The first-order valence-electron chi connectivity index (χ1n) is 19.8. The Morgan fingerprint density at radius 3 is 0.917 bits per heavy atom. The van der Waals surface area contributed by atoms with Crippen LogP contribution in [0.5, 0.6) is 0 Å². The van der Waals surface area contributed by atoms with Crippen molar-refractivity contribution in [2.24, 2.45) is 0 Å². The molecule has 0 saturated carbocycles. The predicted molar refractivity (Wildman–Crippen MR) is 268 cm³/mol.